The number of carbonyl (C=O) groups is 1. The molecule has 2 rings (SSSR count). The van der Waals surface area contributed by atoms with Crippen LogP contribution in [0.5, 0.6) is 0 Å². The molecule has 1 aliphatic heterocycles. The molecule has 0 aliphatic carbocycles. The number of halogens is 8. The number of aliphatic imine (C=N–C) groups is 1. The predicted octanol–water partition coefficient (Wildman–Crippen LogP) is 4.71. The van der Waals surface area contributed by atoms with Crippen molar-refractivity contribution in [2.24, 2.45) is 4.99 Å². The molecular formula is C12H6Cl2F6N2O. The lowest BCUT2D eigenvalue weighted by Gasteiger charge is -2.27. The van der Waals surface area contributed by atoms with E-state index in [2.05, 4.69) is 4.99 Å². The first kappa shape index (κ1) is 17.9. The maximum absolute atomic E-state index is 12.6. The lowest BCUT2D eigenvalue weighted by Crippen LogP contribution is -2.42. The lowest BCUT2D eigenvalue weighted by molar-refractivity contribution is -0.153. The maximum Gasteiger partial charge on any atom is 0.416 e. The van der Waals surface area contributed by atoms with Crippen molar-refractivity contribution in [3.8, 4) is 0 Å². The third-order valence-electron chi connectivity index (χ3n) is 2.96. The maximum atomic E-state index is 12.6. The zero-order chi connectivity index (χ0) is 17.6. The van der Waals surface area contributed by atoms with Crippen LogP contribution in [0.1, 0.15) is 12.0 Å². The smallest absolute Gasteiger partial charge is 0.274 e. The van der Waals surface area contributed by atoms with Gasteiger partial charge in [0.2, 0.25) is 5.91 Å². The Kier molecular flexibility index (Phi) is 4.55. The molecule has 0 N–H and O–H groups in total. The number of rotatable bonds is 1. The fraction of sp³-hybridized carbons (Fsp3) is 0.333. The number of nitrogens with zero attached hydrogens (tertiary/aromatic N) is 2. The number of hydrogen-bond acceptors (Lipinski definition) is 2. The van der Waals surface area contributed by atoms with Crippen LogP contribution in [0.2, 0.25) is 10.0 Å². The molecule has 23 heavy (non-hydrogen) atoms. The lowest BCUT2D eigenvalue weighted by atomic mass is 10.1. The van der Waals surface area contributed by atoms with E-state index in [9.17, 15) is 31.1 Å². The van der Waals surface area contributed by atoms with Crippen LogP contribution in [0.3, 0.4) is 0 Å². The van der Waals surface area contributed by atoms with Crippen molar-refractivity contribution in [2.45, 2.75) is 24.8 Å². The second kappa shape index (κ2) is 5.86. The second-order valence-electron chi connectivity index (χ2n) is 4.58. The minimum Gasteiger partial charge on any atom is -0.274 e. The molecule has 1 amide bonds. The van der Waals surface area contributed by atoms with Crippen LogP contribution in [0.4, 0.5) is 32.0 Å². The first-order valence-electron chi connectivity index (χ1n) is 5.89. The minimum absolute atomic E-state index is 0.351. The van der Waals surface area contributed by atoms with Gasteiger partial charge in [0.1, 0.15) is 0 Å². The Morgan fingerprint density at radius 1 is 1.09 bits per heavy atom. The van der Waals surface area contributed by atoms with E-state index in [4.69, 9.17) is 23.2 Å². The van der Waals surface area contributed by atoms with E-state index in [1.54, 1.807) is 0 Å². The monoisotopic (exact) mass is 378 g/mol. The fourth-order valence-corrected chi connectivity index (χ4v) is 2.54. The standard InChI is InChI=1S/C12H6Cl2F6N2O/c13-6-1-5(11(15,16)17)2-7(14)10(6)22-4-21-8(3-9(22)23)12(18,19)20/h1-2,4,8H,3H2. The highest BCUT2D eigenvalue weighted by Gasteiger charge is 2.44. The Labute approximate surface area is 135 Å². The minimum atomic E-state index is -4.72. The van der Waals surface area contributed by atoms with Gasteiger partial charge in [-0.1, -0.05) is 23.2 Å². The Morgan fingerprint density at radius 2 is 1.61 bits per heavy atom. The highest BCUT2D eigenvalue weighted by Crippen LogP contribution is 2.41. The van der Waals surface area contributed by atoms with E-state index in [0.29, 0.717) is 23.4 Å². The van der Waals surface area contributed by atoms with Crippen molar-refractivity contribution in [2.75, 3.05) is 4.90 Å². The zero-order valence-electron chi connectivity index (χ0n) is 10.8. The van der Waals surface area contributed by atoms with Crippen molar-refractivity contribution >= 4 is 41.1 Å². The van der Waals surface area contributed by atoms with Gasteiger partial charge in [-0.3, -0.25) is 14.7 Å². The Morgan fingerprint density at radius 3 is 2.00 bits per heavy atom. The topological polar surface area (TPSA) is 32.7 Å². The molecule has 1 heterocycles. The molecule has 1 aromatic carbocycles. The summed E-state index contributed by atoms with van der Waals surface area (Å²) in [6.07, 6.45) is -9.85. The molecule has 0 spiro atoms. The highest BCUT2D eigenvalue weighted by molar-refractivity contribution is 6.41. The molecule has 11 heteroatoms. The van der Waals surface area contributed by atoms with Crippen molar-refractivity contribution in [1.82, 2.24) is 0 Å². The highest BCUT2D eigenvalue weighted by atomic mass is 35.5. The molecular weight excluding hydrogens is 373 g/mol. The van der Waals surface area contributed by atoms with Gasteiger partial charge in [-0.05, 0) is 12.1 Å². The Balaban J connectivity index is 2.42. The predicted molar refractivity (Wildman–Crippen MR) is 71.9 cm³/mol. The van der Waals surface area contributed by atoms with Gasteiger partial charge in [-0.15, -0.1) is 0 Å². The largest absolute Gasteiger partial charge is 0.416 e. The summed E-state index contributed by atoms with van der Waals surface area (Å²) >= 11 is 11.4. The average Bonchev–Trinajstić information content (AvgIpc) is 2.37. The van der Waals surface area contributed by atoms with Crippen LogP contribution in [0, 0.1) is 0 Å². The number of alkyl halides is 6. The normalized spacial score (nSPS) is 19.4. The van der Waals surface area contributed by atoms with Gasteiger partial charge in [0, 0.05) is 0 Å². The Bertz CT molecular complexity index is 647. The molecule has 1 aliphatic rings. The number of hydrogen-bond donors (Lipinski definition) is 0. The van der Waals surface area contributed by atoms with E-state index >= 15 is 0 Å². The first-order valence-corrected chi connectivity index (χ1v) is 6.65. The number of anilines is 1. The molecule has 1 atom stereocenters. The molecule has 1 unspecified atom stereocenters. The summed E-state index contributed by atoms with van der Waals surface area (Å²) < 4.78 is 75.5. The van der Waals surface area contributed by atoms with Gasteiger partial charge in [-0.2, -0.15) is 26.3 Å². The summed E-state index contributed by atoms with van der Waals surface area (Å²) in [6, 6.07) is -1.15. The van der Waals surface area contributed by atoms with Crippen LogP contribution < -0.4 is 4.90 Å². The van der Waals surface area contributed by atoms with Gasteiger partial charge in [-0.25, -0.2) is 0 Å². The van der Waals surface area contributed by atoms with E-state index in [0.717, 1.165) is 0 Å². The fourth-order valence-electron chi connectivity index (χ4n) is 1.87. The van der Waals surface area contributed by atoms with E-state index in [-0.39, 0.29) is 5.69 Å². The van der Waals surface area contributed by atoms with E-state index in [1.165, 1.54) is 0 Å². The summed E-state index contributed by atoms with van der Waals surface area (Å²) in [4.78, 5) is 15.6. The first-order chi connectivity index (χ1) is 10.4. The molecule has 0 bridgehead atoms. The molecule has 0 aromatic heterocycles. The van der Waals surface area contributed by atoms with Gasteiger partial charge in [0.25, 0.3) is 0 Å². The zero-order valence-corrected chi connectivity index (χ0v) is 12.4. The molecule has 126 valence electrons. The van der Waals surface area contributed by atoms with Crippen molar-refractivity contribution in [1.29, 1.82) is 0 Å². The van der Waals surface area contributed by atoms with Crippen molar-refractivity contribution < 1.29 is 31.1 Å². The molecule has 0 saturated carbocycles. The Hall–Kier alpha value is -1.48. The number of benzene rings is 1. The van der Waals surface area contributed by atoms with Gasteiger partial charge in [0.05, 0.1) is 34.1 Å². The molecule has 1 aromatic rings. The molecule has 3 nitrogen and oxygen atoms in total. The third kappa shape index (κ3) is 3.72. The van der Waals surface area contributed by atoms with Crippen LogP contribution in [-0.2, 0) is 11.0 Å². The number of carbonyl (C=O) groups excluding carboxylic acids is 1. The van der Waals surface area contributed by atoms with Gasteiger partial charge < -0.3 is 0 Å². The summed E-state index contributed by atoms with van der Waals surface area (Å²) in [5.74, 6) is -1.04. The molecule has 0 fully saturated rings. The summed E-state index contributed by atoms with van der Waals surface area (Å²) in [7, 11) is 0. The van der Waals surface area contributed by atoms with Crippen LogP contribution in [-0.4, -0.2) is 24.5 Å². The average molecular weight is 379 g/mol. The van der Waals surface area contributed by atoms with Crippen molar-refractivity contribution in [3.05, 3.63) is 27.7 Å². The molecule has 0 radical (unpaired) electrons. The van der Waals surface area contributed by atoms with Gasteiger partial charge in [0.15, 0.2) is 6.04 Å². The second-order valence-corrected chi connectivity index (χ2v) is 5.39. The summed E-state index contributed by atoms with van der Waals surface area (Å²) in [5, 5.41) is -1.06. The van der Waals surface area contributed by atoms with Crippen LogP contribution >= 0.6 is 23.2 Å². The summed E-state index contributed by atoms with van der Waals surface area (Å²) in [6.45, 7) is 0. The van der Waals surface area contributed by atoms with E-state index < -0.39 is 46.3 Å². The summed E-state index contributed by atoms with van der Waals surface area (Å²) in [5.41, 5.74) is -1.50. The third-order valence-corrected chi connectivity index (χ3v) is 3.54. The van der Waals surface area contributed by atoms with Crippen LogP contribution in [0.15, 0.2) is 17.1 Å². The molecule has 0 saturated heterocycles. The SMILES string of the molecule is O=C1CC(C(F)(F)F)N=CN1c1c(Cl)cc(C(F)(F)F)cc1Cl. The van der Waals surface area contributed by atoms with Crippen molar-refractivity contribution in [3.63, 3.8) is 0 Å². The van der Waals surface area contributed by atoms with Crippen LogP contribution in [0.25, 0.3) is 0 Å². The van der Waals surface area contributed by atoms with E-state index in [1.807, 2.05) is 0 Å². The number of amides is 1. The van der Waals surface area contributed by atoms with Gasteiger partial charge >= 0.3 is 12.4 Å². The quantitative estimate of drug-likeness (QED) is 0.651.